The lowest BCUT2D eigenvalue weighted by Crippen LogP contribution is -2.30. The predicted molar refractivity (Wildman–Crippen MR) is 199 cm³/mol. The fourth-order valence-corrected chi connectivity index (χ4v) is 9.14. The molecule has 0 saturated heterocycles. The van der Waals surface area contributed by atoms with Gasteiger partial charge in [-0.15, -0.1) is 11.3 Å². The van der Waals surface area contributed by atoms with E-state index in [1.54, 1.807) is 11.3 Å². The first-order valence-corrected chi connectivity index (χ1v) is 17.1. The van der Waals surface area contributed by atoms with Crippen molar-refractivity contribution in [1.82, 2.24) is 0 Å². The molecule has 0 N–H and O–H groups in total. The monoisotopic (exact) mass is 626 g/mol. The van der Waals surface area contributed by atoms with Crippen LogP contribution in [0.5, 0.6) is 0 Å². The highest BCUT2D eigenvalue weighted by molar-refractivity contribution is 7.24. The number of benzene rings is 6. The smallest absolute Gasteiger partial charge is 0.195 e. The van der Waals surface area contributed by atoms with E-state index in [1.807, 2.05) is 12.1 Å². The zero-order valence-electron chi connectivity index (χ0n) is 26.9. The largest absolute Gasteiger partial charge is 0.310 e. The number of hydrogen-bond donors (Lipinski definition) is 0. The average Bonchev–Trinajstić information content (AvgIpc) is 3.09. The fraction of sp³-hybridized carbons (Fsp3) is 0.140. The molecule has 2 aliphatic rings. The van der Waals surface area contributed by atoms with Gasteiger partial charge in [-0.1, -0.05) is 100 Å². The molecule has 0 atom stereocenters. The summed E-state index contributed by atoms with van der Waals surface area (Å²) in [5, 5.41) is 1.52. The van der Waals surface area contributed by atoms with Crippen molar-refractivity contribution in [1.29, 1.82) is 0 Å². The molecule has 0 saturated carbocycles. The lowest BCUT2D eigenvalue weighted by molar-refractivity contribution is 0.632. The van der Waals surface area contributed by atoms with E-state index in [0.717, 1.165) is 31.5 Å². The summed E-state index contributed by atoms with van der Waals surface area (Å²) in [6.45, 7) is 9.21. The first-order chi connectivity index (χ1) is 22.7. The Balaban J connectivity index is 1.23. The Morgan fingerprint density at radius 1 is 0.447 bits per heavy atom. The summed E-state index contributed by atoms with van der Waals surface area (Å²) in [6.07, 6.45) is 0. The van der Waals surface area contributed by atoms with Crippen LogP contribution in [0.1, 0.15) is 49.9 Å². The maximum absolute atomic E-state index is 14.0. The second-order valence-electron chi connectivity index (χ2n) is 13.8. The van der Waals surface area contributed by atoms with Gasteiger partial charge < -0.3 is 9.80 Å². The molecule has 0 bridgehead atoms. The Hall–Kier alpha value is -5.19. The van der Waals surface area contributed by atoms with Crippen LogP contribution in [0, 0.1) is 0 Å². The highest BCUT2D eigenvalue weighted by atomic mass is 32.1. The van der Waals surface area contributed by atoms with Crippen LogP contribution in [0.25, 0.3) is 20.2 Å². The SMILES string of the molecule is CC1(C)c2ccccc2N(c2ccc3c(=O)c4ccc(N5c6ccccc6C(C)(C)c6ccccc65)cc4sc3c2)c2ccccc21. The van der Waals surface area contributed by atoms with E-state index >= 15 is 0 Å². The molecule has 228 valence electrons. The topological polar surface area (TPSA) is 23.6 Å². The van der Waals surface area contributed by atoms with E-state index < -0.39 is 0 Å². The lowest BCUT2D eigenvalue weighted by Gasteiger charge is -2.42. The van der Waals surface area contributed by atoms with E-state index in [-0.39, 0.29) is 16.3 Å². The zero-order valence-corrected chi connectivity index (χ0v) is 27.7. The number of rotatable bonds is 2. The molecular weight excluding hydrogens is 593 g/mol. The molecule has 6 aromatic carbocycles. The van der Waals surface area contributed by atoms with E-state index in [9.17, 15) is 4.79 Å². The molecule has 3 nitrogen and oxygen atoms in total. The molecule has 4 heteroatoms. The molecule has 3 heterocycles. The maximum atomic E-state index is 14.0. The van der Waals surface area contributed by atoms with Crippen LogP contribution in [-0.4, -0.2) is 0 Å². The first kappa shape index (κ1) is 28.1. The molecule has 0 spiro atoms. The molecule has 0 radical (unpaired) electrons. The normalized spacial score (nSPS) is 15.6. The summed E-state index contributed by atoms with van der Waals surface area (Å²) in [5.74, 6) is 0. The minimum atomic E-state index is -0.126. The first-order valence-electron chi connectivity index (χ1n) is 16.2. The van der Waals surface area contributed by atoms with Crippen LogP contribution in [0.4, 0.5) is 34.1 Å². The van der Waals surface area contributed by atoms with Gasteiger partial charge in [-0.05, 0) is 82.9 Å². The van der Waals surface area contributed by atoms with Crippen molar-refractivity contribution in [2.45, 2.75) is 38.5 Å². The predicted octanol–water partition coefficient (Wildman–Crippen LogP) is 11.6. The fourth-order valence-electron chi connectivity index (χ4n) is 8.00. The number of hydrogen-bond acceptors (Lipinski definition) is 4. The summed E-state index contributed by atoms with van der Waals surface area (Å²) in [6, 6.07) is 47.4. The molecular formula is C43H34N2OS. The second-order valence-corrected chi connectivity index (χ2v) is 14.9. The van der Waals surface area contributed by atoms with E-state index in [0.29, 0.717) is 0 Å². The Labute approximate surface area is 279 Å². The molecule has 0 aliphatic carbocycles. The van der Waals surface area contributed by atoms with Gasteiger partial charge >= 0.3 is 0 Å². The minimum absolute atomic E-state index is 0.0769. The van der Waals surface area contributed by atoms with Crippen LogP contribution in [-0.2, 0) is 10.8 Å². The van der Waals surface area contributed by atoms with Gasteiger partial charge in [0.2, 0.25) is 0 Å². The van der Waals surface area contributed by atoms with Crippen molar-refractivity contribution in [2.24, 2.45) is 0 Å². The van der Waals surface area contributed by atoms with Crippen molar-refractivity contribution in [3.8, 4) is 0 Å². The summed E-state index contributed by atoms with van der Waals surface area (Å²) >= 11 is 1.69. The lowest BCUT2D eigenvalue weighted by atomic mass is 9.73. The number of para-hydroxylation sites is 4. The second kappa shape index (κ2) is 9.90. The molecule has 2 aliphatic heterocycles. The maximum Gasteiger partial charge on any atom is 0.195 e. The molecule has 0 amide bonds. The van der Waals surface area contributed by atoms with Gasteiger partial charge in [0, 0.05) is 42.4 Å². The number of anilines is 6. The van der Waals surface area contributed by atoms with Crippen LogP contribution in [0.15, 0.2) is 138 Å². The average molecular weight is 627 g/mol. The van der Waals surface area contributed by atoms with E-state index in [2.05, 4.69) is 159 Å². The molecule has 9 rings (SSSR count). The quantitative estimate of drug-likeness (QED) is 0.178. The van der Waals surface area contributed by atoms with Crippen LogP contribution >= 0.6 is 11.3 Å². The Bertz CT molecular complexity index is 2210. The minimum Gasteiger partial charge on any atom is -0.310 e. The highest BCUT2D eigenvalue weighted by Crippen LogP contribution is 2.53. The third kappa shape index (κ3) is 3.95. The molecule has 47 heavy (non-hydrogen) atoms. The third-order valence-corrected chi connectivity index (χ3v) is 11.5. The Kier molecular flexibility index (Phi) is 5.91. The van der Waals surface area contributed by atoms with Crippen molar-refractivity contribution in [2.75, 3.05) is 9.80 Å². The van der Waals surface area contributed by atoms with Gasteiger partial charge in [0.15, 0.2) is 5.43 Å². The third-order valence-electron chi connectivity index (χ3n) is 10.4. The van der Waals surface area contributed by atoms with Crippen LogP contribution in [0.2, 0.25) is 0 Å². The summed E-state index contributed by atoms with van der Waals surface area (Å²) < 4.78 is 1.97. The van der Waals surface area contributed by atoms with Crippen LogP contribution in [0.3, 0.4) is 0 Å². The molecule has 1 aromatic heterocycles. The van der Waals surface area contributed by atoms with Crippen molar-refractivity contribution in [3.05, 3.63) is 166 Å². The van der Waals surface area contributed by atoms with Gasteiger partial charge in [-0.3, -0.25) is 4.79 Å². The molecule has 0 fully saturated rings. The number of fused-ring (bicyclic) bond motifs is 6. The Morgan fingerprint density at radius 2 is 0.766 bits per heavy atom. The van der Waals surface area contributed by atoms with E-state index in [4.69, 9.17) is 0 Å². The van der Waals surface area contributed by atoms with Gasteiger partial charge in [0.1, 0.15) is 0 Å². The van der Waals surface area contributed by atoms with E-state index in [1.165, 1.54) is 45.0 Å². The van der Waals surface area contributed by atoms with Crippen molar-refractivity contribution >= 4 is 65.6 Å². The standard InChI is InChI=1S/C43H34N2OS/c1-42(2)31-13-5-9-17-35(31)44(36-18-10-6-14-32(36)42)27-21-23-29-39(25-27)47-40-26-28(22-24-30(40)41(29)46)45-37-19-11-7-15-33(37)43(3,4)34-16-8-12-20-38(34)45/h5-26H,1-4H3. The van der Waals surface area contributed by atoms with Crippen LogP contribution < -0.4 is 15.2 Å². The highest BCUT2D eigenvalue weighted by Gasteiger charge is 2.38. The molecule has 7 aromatic rings. The van der Waals surface area contributed by atoms with Gasteiger partial charge in [0.05, 0.1) is 22.7 Å². The van der Waals surface area contributed by atoms with Gasteiger partial charge in [0.25, 0.3) is 0 Å². The summed E-state index contributed by atoms with van der Waals surface area (Å²) in [4.78, 5) is 18.7. The Morgan fingerprint density at radius 3 is 1.11 bits per heavy atom. The molecule has 0 unspecified atom stereocenters. The summed E-state index contributed by atoms with van der Waals surface area (Å²) in [7, 11) is 0. The van der Waals surface area contributed by atoms with Gasteiger partial charge in [-0.2, -0.15) is 0 Å². The van der Waals surface area contributed by atoms with Crippen molar-refractivity contribution < 1.29 is 0 Å². The van der Waals surface area contributed by atoms with Gasteiger partial charge in [-0.25, -0.2) is 0 Å². The zero-order chi connectivity index (χ0) is 32.1. The summed E-state index contributed by atoms with van der Waals surface area (Å²) in [5.41, 5.74) is 11.8. The number of nitrogens with zero attached hydrogens (tertiary/aromatic N) is 2. The van der Waals surface area contributed by atoms with Crippen molar-refractivity contribution in [3.63, 3.8) is 0 Å².